The number of hydrogen-bond donors (Lipinski definition) is 2. The number of benzene rings is 4. The maximum atomic E-state index is 11.4. The van der Waals surface area contributed by atoms with Gasteiger partial charge in [0.25, 0.3) is 25.8 Å². The van der Waals surface area contributed by atoms with Crippen LogP contribution in [0.15, 0.2) is 119 Å². The number of rotatable bonds is 14. The molecule has 12 heteroatoms. The quantitative estimate of drug-likeness (QED) is 0.0679. The van der Waals surface area contributed by atoms with Crippen molar-refractivity contribution in [2.24, 2.45) is 0 Å². The van der Waals surface area contributed by atoms with Gasteiger partial charge >= 0.3 is 5.89 Å². The molecule has 0 unspecified atom stereocenters. The lowest BCUT2D eigenvalue weighted by molar-refractivity contribution is -0.678. The van der Waals surface area contributed by atoms with E-state index >= 15 is 0 Å². The van der Waals surface area contributed by atoms with Crippen LogP contribution in [0.2, 0.25) is 0 Å². The van der Waals surface area contributed by atoms with E-state index in [1.807, 2.05) is 113 Å². The zero-order chi connectivity index (χ0) is 35.3. The Balaban J connectivity index is 1.34. The van der Waals surface area contributed by atoms with Crippen molar-refractivity contribution in [3.63, 3.8) is 0 Å². The molecule has 0 saturated heterocycles. The number of unbranched alkanes of at least 4 members (excludes halogenated alkanes) is 2. The number of fused-ring (bicyclic) bond motifs is 2. The lowest BCUT2D eigenvalue weighted by Gasteiger charge is -2.19. The molecule has 1 aliphatic rings. The molecule has 50 heavy (non-hydrogen) atoms. The zero-order valence-electron chi connectivity index (χ0n) is 27.6. The molecule has 0 aliphatic carbocycles. The Labute approximate surface area is 292 Å². The van der Waals surface area contributed by atoms with E-state index in [1.54, 1.807) is 0 Å². The Morgan fingerprint density at radius 1 is 0.740 bits per heavy atom. The number of aryl methyl sites for hydroxylation is 1. The molecule has 0 spiro atoms. The Morgan fingerprint density at radius 2 is 1.34 bits per heavy atom. The van der Waals surface area contributed by atoms with Crippen molar-refractivity contribution in [1.29, 1.82) is 0 Å². The highest BCUT2D eigenvalue weighted by atomic mass is 32.2. The molecule has 0 atom stereocenters. The van der Waals surface area contributed by atoms with Crippen molar-refractivity contribution >= 4 is 43.1 Å². The van der Waals surface area contributed by atoms with Gasteiger partial charge in [-0.05, 0) is 72.2 Å². The van der Waals surface area contributed by atoms with Crippen molar-refractivity contribution in [2.45, 2.75) is 39.2 Å². The molecule has 260 valence electrons. The number of aromatic nitrogens is 1. The second-order valence-corrected chi connectivity index (χ2v) is 15.4. The third-order valence-corrected chi connectivity index (χ3v) is 10.1. The van der Waals surface area contributed by atoms with Gasteiger partial charge in [-0.3, -0.25) is 9.11 Å². The van der Waals surface area contributed by atoms with Gasteiger partial charge in [0.1, 0.15) is 0 Å². The van der Waals surface area contributed by atoms with Crippen LogP contribution >= 0.6 is 0 Å². The fraction of sp³-hybridized carbons (Fsp3) is 0.237. The summed E-state index contributed by atoms with van der Waals surface area (Å²) >= 11 is 0. The standard InChI is InChI=1S/C38H38N2O8S2/c1-28(24-37-39(20-8-10-22-49(41,42)43)33-26-31(16-18-35(33)47-37)29-12-4-2-5-13-29)25-38-40(21-9-11-23-50(44,45)46)34-27-32(17-19-36(34)48-38)30-14-6-3-7-15-30/h2-7,12-19,24-27H,8-11,20-23H2,1H3,(H-,41,42,43,44,45,46)/p+1. The molecule has 0 saturated carbocycles. The first-order chi connectivity index (χ1) is 23.9. The van der Waals surface area contributed by atoms with Crippen LogP contribution in [0.1, 0.15) is 38.5 Å². The zero-order valence-corrected chi connectivity index (χ0v) is 29.2. The van der Waals surface area contributed by atoms with Gasteiger partial charge in [0.2, 0.25) is 11.5 Å². The minimum atomic E-state index is -4.07. The summed E-state index contributed by atoms with van der Waals surface area (Å²) in [4.78, 5) is 2.01. The van der Waals surface area contributed by atoms with Crippen LogP contribution in [-0.2, 0) is 26.8 Å². The molecule has 0 radical (unpaired) electrons. The summed E-state index contributed by atoms with van der Waals surface area (Å²) in [6, 6.07) is 31.9. The Morgan fingerprint density at radius 3 is 1.98 bits per heavy atom. The maximum Gasteiger partial charge on any atom is 0.374 e. The summed E-state index contributed by atoms with van der Waals surface area (Å²) in [6.45, 7) is 2.84. The minimum absolute atomic E-state index is 0.284. The monoisotopic (exact) mass is 715 g/mol. The molecular formula is C38H39N2O8S2+. The van der Waals surface area contributed by atoms with Crippen LogP contribution in [0.4, 0.5) is 5.69 Å². The van der Waals surface area contributed by atoms with Gasteiger partial charge in [-0.15, -0.1) is 0 Å². The first-order valence-corrected chi connectivity index (χ1v) is 19.6. The number of hydrogen-bond acceptors (Lipinski definition) is 7. The van der Waals surface area contributed by atoms with Crippen LogP contribution in [0.25, 0.3) is 39.4 Å². The highest BCUT2D eigenvalue weighted by molar-refractivity contribution is 7.86. The average Bonchev–Trinajstić information content (AvgIpc) is 3.60. The third kappa shape index (κ3) is 8.88. The number of oxazole rings is 1. The summed E-state index contributed by atoms with van der Waals surface area (Å²) in [5.41, 5.74) is 7.31. The SMILES string of the molecule is CC(=Cc1oc2ccc(-c3ccccc3)cc2[n+]1CCCCS(=O)(=O)O)C=C1Oc2ccc(-c3ccccc3)cc2N1CCCCS(=O)(=O)O. The van der Waals surface area contributed by atoms with E-state index in [0.717, 1.165) is 39.0 Å². The minimum Gasteiger partial charge on any atom is -0.439 e. The molecule has 1 aliphatic heterocycles. The number of allylic oxidation sites excluding steroid dienone is 2. The van der Waals surface area contributed by atoms with E-state index in [1.165, 1.54) is 0 Å². The average molecular weight is 716 g/mol. The molecule has 2 heterocycles. The van der Waals surface area contributed by atoms with Crippen molar-refractivity contribution in [1.82, 2.24) is 0 Å². The Hall–Kier alpha value is -4.75. The van der Waals surface area contributed by atoms with Crippen LogP contribution in [0, 0.1) is 0 Å². The van der Waals surface area contributed by atoms with Crippen LogP contribution in [0.3, 0.4) is 0 Å². The fourth-order valence-electron chi connectivity index (χ4n) is 6.04. The van der Waals surface area contributed by atoms with Crippen molar-refractivity contribution in [3.05, 3.63) is 120 Å². The molecule has 2 N–H and O–H groups in total. The molecule has 4 aromatic carbocycles. The second-order valence-electron chi connectivity index (χ2n) is 12.3. The summed E-state index contributed by atoms with van der Waals surface area (Å²) < 4.78 is 78.7. The van der Waals surface area contributed by atoms with Gasteiger partial charge in [-0.25, -0.2) is 0 Å². The van der Waals surface area contributed by atoms with E-state index in [9.17, 15) is 25.9 Å². The molecular weight excluding hydrogens is 677 g/mol. The predicted octanol–water partition coefficient (Wildman–Crippen LogP) is 7.53. The van der Waals surface area contributed by atoms with E-state index < -0.39 is 20.2 Å². The lowest BCUT2D eigenvalue weighted by atomic mass is 10.0. The molecule has 6 rings (SSSR count). The van der Waals surface area contributed by atoms with E-state index in [0.29, 0.717) is 49.0 Å². The largest absolute Gasteiger partial charge is 0.439 e. The van der Waals surface area contributed by atoms with E-state index in [2.05, 4.69) is 12.1 Å². The van der Waals surface area contributed by atoms with Gasteiger partial charge in [0.05, 0.1) is 23.3 Å². The lowest BCUT2D eigenvalue weighted by Crippen LogP contribution is -2.35. The topological polar surface area (TPSA) is 138 Å². The molecule has 0 amide bonds. The summed E-state index contributed by atoms with van der Waals surface area (Å²) in [5, 5.41) is 0. The van der Waals surface area contributed by atoms with Crippen molar-refractivity contribution in [2.75, 3.05) is 23.0 Å². The fourth-order valence-corrected chi connectivity index (χ4v) is 7.18. The first kappa shape index (κ1) is 35.1. The van der Waals surface area contributed by atoms with E-state index in [-0.39, 0.29) is 24.3 Å². The Bertz CT molecular complexity index is 2260. The van der Waals surface area contributed by atoms with Crippen molar-refractivity contribution < 1.29 is 39.7 Å². The van der Waals surface area contributed by atoms with Gasteiger partial charge in [-0.1, -0.05) is 72.8 Å². The molecule has 1 aromatic heterocycles. The molecule has 5 aromatic rings. The summed E-state index contributed by atoms with van der Waals surface area (Å²) in [6.07, 6.45) is 5.36. The maximum absolute atomic E-state index is 11.4. The van der Waals surface area contributed by atoms with Gasteiger partial charge < -0.3 is 14.1 Å². The Kier molecular flexibility index (Phi) is 10.5. The first-order valence-electron chi connectivity index (χ1n) is 16.4. The van der Waals surface area contributed by atoms with E-state index in [4.69, 9.17) is 9.15 Å². The number of anilines is 1. The highest BCUT2D eigenvalue weighted by Crippen LogP contribution is 2.42. The molecule has 10 nitrogen and oxygen atoms in total. The molecule has 0 fully saturated rings. The summed E-state index contributed by atoms with van der Waals surface area (Å²) in [7, 11) is -8.14. The summed E-state index contributed by atoms with van der Waals surface area (Å²) in [5.74, 6) is 1.16. The second kappa shape index (κ2) is 15.0. The number of ether oxygens (including phenoxy) is 1. The van der Waals surface area contributed by atoms with Gasteiger partial charge in [-0.2, -0.15) is 21.4 Å². The van der Waals surface area contributed by atoms with Gasteiger partial charge in [0, 0.05) is 25.1 Å². The molecule has 0 bridgehead atoms. The highest BCUT2D eigenvalue weighted by Gasteiger charge is 2.28. The smallest absolute Gasteiger partial charge is 0.374 e. The number of nitrogens with zero attached hydrogens (tertiary/aromatic N) is 2. The predicted molar refractivity (Wildman–Crippen MR) is 195 cm³/mol. The van der Waals surface area contributed by atoms with Crippen LogP contribution < -0.4 is 14.2 Å². The van der Waals surface area contributed by atoms with Gasteiger partial charge in [0.15, 0.2) is 12.3 Å². The normalized spacial score (nSPS) is 14.3. The van der Waals surface area contributed by atoms with Crippen LogP contribution in [-0.4, -0.2) is 44.0 Å². The third-order valence-electron chi connectivity index (χ3n) is 8.45. The van der Waals surface area contributed by atoms with Crippen molar-refractivity contribution in [3.8, 4) is 28.0 Å². The van der Waals surface area contributed by atoms with Crippen LogP contribution in [0.5, 0.6) is 5.75 Å².